The number of nitrogens with zero attached hydrogens (tertiary/aromatic N) is 1. The molecule has 0 heterocycles. The number of halogens is 3. The summed E-state index contributed by atoms with van der Waals surface area (Å²) in [5.41, 5.74) is 0.938. The standard InChI is InChI=1S/C14H19F3N2/c1-18-9-13(11-5-3-2-4-6-11)19(12-7-8-12)10-14(15,16)17/h2-6,12-13,18H,7-10H2,1H3. The Morgan fingerprint density at radius 2 is 1.89 bits per heavy atom. The van der Waals surface area contributed by atoms with Crippen LogP contribution in [0.15, 0.2) is 30.3 Å². The van der Waals surface area contributed by atoms with Gasteiger partial charge in [-0.25, -0.2) is 0 Å². The molecule has 106 valence electrons. The number of benzene rings is 1. The first-order chi connectivity index (χ1) is 9.01. The van der Waals surface area contributed by atoms with E-state index in [1.54, 1.807) is 11.9 Å². The van der Waals surface area contributed by atoms with Crippen LogP contribution < -0.4 is 5.32 Å². The highest BCUT2D eigenvalue weighted by molar-refractivity contribution is 5.20. The third-order valence-electron chi connectivity index (χ3n) is 3.36. The van der Waals surface area contributed by atoms with Crippen molar-refractivity contribution >= 4 is 0 Å². The molecule has 1 aliphatic carbocycles. The zero-order valence-corrected chi connectivity index (χ0v) is 11.0. The summed E-state index contributed by atoms with van der Waals surface area (Å²) in [6, 6.07) is 9.26. The van der Waals surface area contributed by atoms with Crippen LogP contribution in [-0.2, 0) is 0 Å². The molecular formula is C14H19F3N2. The number of nitrogens with one attached hydrogen (secondary N) is 1. The zero-order chi connectivity index (χ0) is 13.9. The predicted molar refractivity (Wildman–Crippen MR) is 68.9 cm³/mol. The number of hydrogen-bond acceptors (Lipinski definition) is 2. The van der Waals surface area contributed by atoms with Crippen molar-refractivity contribution in [1.29, 1.82) is 0 Å². The van der Waals surface area contributed by atoms with E-state index in [9.17, 15) is 13.2 Å². The van der Waals surface area contributed by atoms with Gasteiger partial charge in [0, 0.05) is 18.6 Å². The lowest BCUT2D eigenvalue weighted by atomic mass is 10.0. The molecule has 0 spiro atoms. The second-order valence-electron chi connectivity index (χ2n) is 5.00. The first kappa shape index (κ1) is 14.3. The first-order valence-electron chi connectivity index (χ1n) is 6.53. The minimum absolute atomic E-state index is 0.0696. The van der Waals surface area contributed by atoms with Gasteiger partial charge in [-0.3, -0.25) is 4.90 Å². The third-order valence-corrected chi connectivity index (χ3v) is 3.36. The maximum Gasteiger partial charge on any atom is 0.401 e. The molecule has 0 aliphatic heterocycles. The summed E-state index contributed by atoms with van der Waals surface area (Å²) in [4.78, 5) is 1.59. The summed E-state index contributed by atoms with van der Waals surface area (Å²) in [5.74, 6) is 0. The Labute approximate surface area is 111 Å². The SMILES string of the molecule is CNCC(c1ccccc1)N(CC(F)(F)F)C1CC1. The van der Waals surface area contributed by atoms with Crippen molar-refractivity contribution in [2.75, 3.05) is 20.1 Å². The monoisotopic (exact) mass is 272 g/mol. The summed E-state index contributed by atoms with van der Waals surface area (Å²) in [7, 11) is 1.77. The molecule has 0 amide bonds. The van der Waals surface area contributed by atoms with E-state index in [4.69, 9.17) is 0 Å². The van der Waals surface area contributed by atoms with E-state index in [-0.39, 0.29) is 12.1 Å². The Hall–Kier alpha value is -1.07. The van der Waals surface area contributed by atoms with Crippen molar-refractivity contribution in [2.24, 2.45) is 0 Å². The first-order valence-corrected chi connectivity index (χ1v) is 6.53. The van der Waals surface area contributed by atoms with Gasteiger partial charge in [0.1, 0.15) is 0 Å². The highest BCUT2D eigenvalue weighted by Gasteiger charge is 2.41. The van der Waals surface area contributed by atoms with Crippen LogP contribution in [0.5, 0.6) is 0 Å². The Balaban J connectivity index is 2.19. The van der Waals surface area contributed by atoms with E-state index in [0.717, 1.165) is 18.4 Å². The van der Waals surface area contributed by atoms with Crippen LogP contribution in [0, 0.1) is 0 Å². The minimum atomic E-state index is -4.15. The molecule has 1 N–H and O–H groups in total. The summed E-state index contributed by atoms with van der Waals surface area (Å²) in [6.45, 7) is -0.310. The van der Waals surface area contributed by atoms with Crippen LogP contribution in [0.3, 0.4) is 0 Å². The molecule has 1 aromatic carbocycles. The number of likely N-dealkylation sites (N-methyl/N-ethyl adjacent to an activating group) is 1. The maximum atomic E-state index is 12.7. The van der Waals surface area contributed by atoms with Gasteiger partial charge < -0.3 is 5.32 Å². The van der Waals surface area contributed by atoms with Gasteiger partial charge in [0.15, 0.2) is 0 Å². The zero-order valence-electron chi connectivity index (χ0n) is 11.0. The molecule has 1 aliphatic rings. The fourth-order valence-electron chi connectivity index (χ4n) is 2.40. The molecule has 19 heavy (non-hydrogen) atoms. The fraction of sp³-hybridized carbons (Fsp3) is 0.571. The quantitative estimate of drug-likeness (QED) is 0.856. The van der Waals surface area contributed by atoms with Crippen LogP contribution in [-0.4, -0.2) is 37.3 Å². The molecule has 1 aromatic rings. The molecule has 0 aromatic heterocycles. The lowest BCUT2D eigenvalue weighted by Gasteiger charge is -2.32. The number of alkyl halides is 3. The van der Waals surface area contributed by atoms with Crippen LogP contribution in [0.1, 0.15) is 24.4 Å². The van der Waals surface area contributed by atoms with Gasteiger partial charge in [0.2, 0.25) is 0 Å². The lowest BCUT2D eigenvalue weighted by Crippen LogP contribution is -2.42. The Morgan fingerprint density at radius 3 is 2.37 bits per heavy atom. The van der Waals surface area contributed by atoms with Gasteiger partial charge >= 0.3 is 6.18 Å². The Bertz CT molecular complexity index is 387. The molecule has 1 unspecified atom stereocenters. The van der Waals surface area contributed by atoms with E-state index in [2.05, 4.69) is 5.32 Å². The molecule has 1 atom stereocenters. The number of hydrogen-bond donors (Lipinski definition) is 1. The van der Waals surface area contributed by atoms with E-state index in [1.807, 2.05) is 30.3 Å². The molecule has 2 nitrogen and oxygen atoms in total. The van der Waals surface area contributed by atoms with Crippen LogP contribution in [0.2, 0.25) is 0 Å². The van der Waals surface area contributed by atoms with E-state index < -0.39 is 12.7 Å². The van der Waals surface area contributed by atoms with E-state index in [0.29, 0.717) is 6.54 Å². The van der Waals surface area contributed by atoms with Gasteiger partial charge in [0.05, 0.1) is 6.54 Å². The predicted octanol–water partition coefficient (Wildman–Crippen LogP) is 2.97. The van der Waals surface area contributed by atoms with Crippen molar-refractivity contribution in [2.45, 2.75) is 31.1 Å². The van der Waals surface area contributed by atoms with Crippen molar-refractivity contribution in [1.82, 2.24) is 10.2 Å². The van der Waals surface area contributed by atoms with Gasteiger partial charge in [-0.2, -0.15) is 13.2 Å². The summed E-state index contributed by atoms with van der Waals surface area (Å²) < 4.78 is 38.2. The van der Waals surface area contributed by atoms with Crippen molar-refractivity contribution in [3.63, 3.8) is 0 Å². The van der Waals surface area contributed by atoms with Crippen molar-refractivity contribution in [3.8, 4) is 0 Å². The summed E-state index contributed by atoms with van der Waals surface area (Å²) in [6.07, 6.45) is -2.42. The highest BCUT2D eigenvalue weighted by Crippen LogP contribution is 2.36. The normalized spacial score (nSPS) is 17.7. The topological polar surface area (TPSA) is 15.3 Å². The molecule has 2 rings (SSSR count). The molecule has 1 saturated carbocycles. The molecule has 0 bridgehead atoms. The van der Waals surface area contributed by atoms with Crippen LogP contribution >= 0.6 is 0 Å². The average Bonchev–Trinajstić information content (AvgIpc) is 3.17. The van der Waals surface area contributed by atoms with Crippen molar-refractivity contribution in [3.05, 3.63) is 35.9 Å². The van der Waals surface area contributed by atoms with Crippen LogP contribution in [0.4, 0.5) is 13.2 Å². The molecule has 0 saturated heterocycles. The van der Waals surface area contributed by atoms with Crippen molar-refractivity contribution < 1.29 is 13.2 Å². The number of rotatable bonds is 6. The average molecular weight is 272 g/mol. The van der Waals surface area contributed by atoms with E-state index >= 15 is 0 Å². The molecule has 0 radical (unpaired) electrons. The van der Waals surface area contributed by atoms with Gasteiger partial charge in [0.25, 0.3) is 0 Å². The molecule has 1 fully saturated rings. The molecule has 5 heteroatoms. The summed E-state index contributed by atoms with van der Waals surface area (Å²) in [5, 5.41) is 3.01. The third kappa shape index (κ3) is 4.21. The Kier molecular flexibility index (Phi) is 4.47. The van der Waals surface area contributed by atoms with Gasteiger partial charge in [-0.15, -0.1) is 0 Å². The second kappa shape index (κ2) is 5.92. The van der Waals surface area contributed by atoms with Gasteiger partial charge in [-0.1, -0.05) is 30.3 Å². The van der Waals surface area contributed by atoms with Gasteiger partial charge in [-0.05, 0) is 25.5 Å². The second-order valence-corrected chi connectivity index (χ2v) is 5.00. The Morgan fingerprint density at radius 1 is 1.26 bits per heavy atom. The highest BCUT2D eigenvalue weighted by atomic mass is 19.4. The smallest absolute Gasteiger partial charge is 0.318 e. The minimum Gasteiger partial charge on any atom is -0.318 e. The largest absolute Gasteiger partial charge is 0.401 e. The lowest BCUT2D eigenvalue weighted by molar-refractivity contribution is -0.152. The fourth-order valence-corrected chi connectivity index (χ4v) is 2.40. The van der Waals surface area contributed by atoms with Crippen LogP contribution in [0.25, 0.3) is 0 Å². The summed E-state index contributed by atoms with van der Waals surface area (Å²) >= 11 is 0. The van der Waals surface area contributed by atoms with E-state index in [1.165, 1.54) is 0 Å². The molecular weight excluding hydrogens is 253 g/mol. The maximum absolute atomic E-state index is 12.7.